The van der Waals surface area contributed by atoms with E-state index in [9.17, 15) is 13.2 Å². The number of rotatable bonds is 9. The van der Waals surface area contributed by atoms with Gasteiger partial charge in [0.2, 0.25) is 15.9 Å². The van der Waals surface area contributed by atoms with Crippen LogP contribution in [0.15, 0.2) is 71.9 Å². The summed E-state index contributed by atoms with van der Waals surface area (Å²) in [6.07, 6.45) is 3.98. The first-order valence-corrected chi connectivity index (χ1v) is 11.3. The quantitative estimate of drug-likeness (QED) is 0.544. The molecule has 1 atom stereocenters. The molecule has 1 heterocycles. The van der Waals surface area contributed by atoms with Gasteiger partial charge in [0.15, 0.2) is 0 Å². The molecule has 0 aliphatic heterocycles. The summed E-state index contributed by atoms with van der Waals surface area (Å²) in [6, 6.07) is 16.0. The monoisotopic (exact) mass is 426 g/mol. The third kappa shape index (κ3) is 5.63. The highest BCUT2D eigenvalue weighted by atomic mass is 32.2. The van der Waals surface area contributed by atoms with Crippen molar-refractivity contribution < 1.29 is 13.2 Å². The highest BCUT2D eigenvalue weighted by Gasteiger charge is 2.21. The van der Waals surface area contributed by atoms with Crippen LogP contribution >= 0.6 is 0 Å². The minimum absolute atomic E-state index is 0.118. The normalized spacial score (nSPS) is 12.6. The Morgan fingerprint density at radius 2 is 1.90 bits per heavy atom. The zero-order valence-electron chi connectivity index (χ0n) is 16.9. The van der Waals surface area contributed by atoms with Crippen LogP contribution < -0.4 is 10.5 Å². The van der Waals surface area contributed by atoms with Crippen LogP contribution in [0.4, 0.5) is 0 Å². The highest BCUT2D eigenvalue weighted by Crippen LogP contribution is 2.18. The lowest BCUT2D eigenvalue weighted by molar-refractivity contribution is -0.129. The number of hydrogen-bond acceptors (Lipinski definition) is 5. The molecule has 1 amide bonds. The van der Waals surface area contributed by atoms with E-state index < -0.39 is 16.1 Å². The van der Waals surface area contributed by atoms with Crippen molar-refractivity contribution in [1.82, 2.24) is 14.6 Å². The molecule has 0 saturated carbocycles. The molecular formula is C22H26N4O3S. The molecular weight excluding hydrogens is 400 g/mol. The number of nitrogens with two attached hydrogens (primary N) is 1. The van der Waals surface area contributed by atoms with Gasteiger partial charge in [0.05, 0.1) is 11.4 Å². The van der Waals surface area contributed by atoms with Gasteiger partial charge in [0.25, 0.3) is 0 Å². The Hall–Kier alpha value is -2.81. The van der Waals surface area contributed by atoms with Gasteiger partial charge in [0.1, 0.15) is 0 Å². The number of nitrogens with zero attached hydrogens (tertiary/aromatic N) is 2. The van der Waals surface area contributed by atoms with Crippen molar-refractivity contribution in [3.05, 3.63) is 72.6 Å². The average molecular weight is 427 g/mol. The molecule has 0 aliphatic rings. The van der Waals surface area contributed by atoms with Gasteiger partial charge in [-0.25, -0.2) is 13.1 Å². The van der Waals surface area contributed by atoms with Gasteiger partial charge in [-0.1, -0.05) is 36.4 Å². The van der Waals surface area contributed by atoms with E-state index in [0.29, 0.717) is 13.0 Å². The molecule has 3 N–H and O–H groups in total. The van der Waals surface area contributed by atoms with E-state index in [2.05, 4.69) is 9.71 Å². The van der Waals surface area contributed by atoms with E-state index >= 15 is 0 Å². The number of benzene rings is 2. The second kappa shape index (κ2) is 9.80. The van der Waals surface area contributed by atoms with Crippen LogP contribution in [-0.4, -0.2) is 49.9 Å². The van der Waals surface area contributed by atoms with Crippen LogP contribution in [-0.2, 0) is 21.2 Å². The van der Waals surface area contributed by atoms with Gasteiger partial charge in [-0.3, -0.25) is 9.78 Å². The lowest BCUT2D eigenvalue weighted by Crippen LogP contribution is -2.46. The summed E-state index contributed by atoms with van der Waals surface area (Å²) in [5, 5.41) is 1.66. The fourth-order valence-electron chi connectivity index (χ4n) is 3.28. The molecule has 2 aromatic carbocycles. The first kappa shape index (κ1) is 21.9. The number of sulfonamides is 1. The van der Waals surface area contributed by atoms with Crippen molar-refractivity contribution in [3.8, 4) is 0 Å². The summed E-state index contributed by atoms with van der Waals surface area (Å²) < 4.78 is 28.3. The third-order valence-corrected chi connectivity index (χ3v) is 6.40. The topological polar surface area (TPSA) is 105 Å². The van der Waals surface area contributed by atoms with Crippen molar-refractivity contribution in [1.29, 1.82) is 0 Å². The standard InChI is InChI=1S/C22H26N4O3S/c1-17(16-26(22(27)14-23)12-10-18-5-3-2-4-6-18)25-30(28,29)21-8-7-20-15-24-11-9-19(20)13-21/h2-9,11,13,15,17,25H,10,12,14,16,23H2,1H3/t17-/m1/s1. The minimum Gasteiger partial charge on any atom is -0.340 e. The molecule has 0 saturated heterocycles. The Morgan fingerprint density at radius 1 is 1.13 bits per heavy atom. The van der Waals surface area contributed by atoms with Crippen molar-refractivity contribution in [2.45, 2.75) is 24.3 Å². The van der Waals surface area contributed by atoms with E-state index in [1.165, 1.54) is 0 Å². The molecule has 0 unspecified atom stereocenters. The van der Waals surface area contributed by atoms with Crippen LogP contribution in [0.2, 0.25) is 0 Å². The SMILES string of the molecule is C[C@H](CN(CCc1ccccc1)C(=O)CN)NS(=O)(=O)c1ccc2cnccc2c1. The highest BCUT2D eigenvalue weighted by molar-refractivity contribution is 7.89. The van der Waals surface area contributed by atoms with E-state index in [1.54, 1.807) is 48.5 Å². The molecule has 0 spiro atoms. The smallest absolute Gasteiger partial charge is 0.240 e. The van der Waals surface area contributed by atoms with Crippen LogP contribution in [0.5, 0.6) is 0 Å². The summed E-state index contributed by atoms with van der Waals surface area (Å²) >= 11 is 0. The lowest BCUT2D eigenvalue weighted by atomic mass is 10.1. The van der Waals surface area contributed by atoms with E-state index in [4.69, 9.17) is 5.73 Å². The summed E-state index contributed by atoms with van der Waals surface area (Å²) in [5.74, 6) is -0.213. The Bertz CT molecular complexity index is 1100. The predicted octanol–water partition coefficient (Wildman–Crippen LogP) is 1.93. The predicted molar refractivity (Wildman–Crippen MR) is 117 cm³/mol. The molecule has 0 radical (unpaired) electrons. The number of nitrogens with one attached hydrogen (secondary N) is 1. The Labute approximate surface area is 177 Å². The molecule has 3 aromatic rings. The first-order valence-electron chi connectivity index (χ1n) is 9.77. The summed E-state index contributed by atoms with van der Waals surface area (Å²) in [6.45, 7) is 2.32. The molecule has 0 aliphatic carbocycles. The van der Waals surface area contributed by atoms with Crippen LogP contribution in [0.25, 0.3) is 10.8 Å². The summed E-state index contributed by atoms with van der Waals surface area (Å²) in [4.78, 5) is 18.1. The number of aromatic nitrogens is 1. The molecule has 0 fully saturated rings. The minimum atomic E-state index is -3.74. The Morgan fingerprint density at radius 3 is 2.63 bits per heavy atom. The van der Waals surface area contributed by atoms with Crippen LogP contribution in [0.3, 0.4) is 0 Å². The van der Waals surface area contributed by atoms with Gasteiger partial charge in [-0.05, 0) is 42.5 Å². The molecule has 3 rings (SSSR count). The number of amides is 1. The molecule has 158 valence electrons. The fourth-order valence-corrected chi connectivity index (χ4v) is 4.55. The van der Waals surface area contributed by atoms with Gasteiger partial charge in [-0.2, -0.15) is 0 Å². The maximum atomic E-state index is 12.8. The van der Waals surface area contributed by atoms with Crippen molar-refractivity contribution in [2.75, 3.05) is 19.6 Å². The number of carbonyl (C=O) groups is 1. The van der Waals surface area contributed by atoms with Crippen LogP contribution in [0, 0.1) is 0 Å². The maximum Gasteiger partial charge on any atom is 0.240 e. The number of hydrogen-bond donors (Lipinski definition) is 2. The molecule has 1 aromatic heterocycles. The first-order chi connectivity index (χ1) is 14.4. The zero-order chi connectivity index (χ0) is 21.6. The third-order valence-electron chi connectivity index (χ3n) is 4.81. The molecule has 7 nitrogen and oxygen atoms in total. The fraction of sp³-hybridized carbons (Fsp3) is 0.273. The number of pyridine rings is 1. The number of carbonyl (C=O) groups excluding carboxylic acids is 1. The van der Waals surface area contributed by atoms with Crippen molar-refractivity contribution in [3.63, 3.8) is 0 Å². The second-order valence-electron chi connectivity index (χ2n) is 7.19. The van der Waals surface area contributed by atoms with Gasteiger partial charge in [0, 0.05) is 36.9 Å². The Kier molecular flexibility index (Phi) is 7.15. The second-order valence-corrected chi connectivity index (χ2v) is 8.90. The van der Waals surface area contributed by atoms with Gasteiger partial charge < -0.3 is 10.6 Å². The lowest BCUT2D eigenvalue weighted by Gasteiger charge is -2.26. The van der Waals surface area contributed by atoms with E-state index in [0.717, 1.165) is 16.3 Å². The largest absolute Gasteiger partial charge is 0.340 e. The average Bonchev–Trinajstić information content (AvgIpc) is 2.76. The summed E-state index contributed by atoms with van der Waals surface area (Å²) in [5.41, 5.74) is 6.66. The van der Waals surface area contributed by atoms with E-state index in [-0.39, 0.29) is 23.9 Å². The van der Waals surface area contributed by atoms with Crippen molar-refractivity contribution >= 4 is 26.7 Å². The number of fused-ring (bicyclic) bond motifs is 1. The Balaban J connectivity index is 1.68. The van der Waals surface area contributed by atoms with E-state index in [1.807, 2.05) is 30.3 Å². The van der Waals surface area contributed by atoms with Gasteiger partial charge >= 0.3 is 0 Å². The maximum absolute atomic E-state index is 12.8. The van der Waals surface area contributed by atoms with Crippen LogP contribution in [0.1, 0.15) is 12.5 Å². The van der Waals surface area contributed by atoms with Gasteiger partial charge in [-0.15, -0.1) is 0 Å². The molecule has 0 bridgehead atoms. The van der Waals surface area contributed by atoms with Crippen molar-refractivity contribution in [2.24, 2.45) is 5.73 Å². The summed E-state index contributed by atoms with van der Waals surface area (Å²) in [7, 11) is -3.74. The molecule has 8 heteroatoms. The molecule has 30 heavy (non-hydrogen) atoms. The zero-order valence-corrected chi connectivity index (χ0v) is 17.7.